The molecule has 0 bridgehead atoms. The van der Waals surface area contributed by atoms with Crippen molar-refractivity contribution in [3.05, 3.63) is 12.4 Å². The van der Waals surface area contributed by atoms with Gasteiger partial charge in [-0.3, -0.25) is 4.68 Å². The van der Waals surface area contributed by atoms with Crippen molar-refractivity contribution in [3.8, 4) is 5.75 Å². The third-order valence-corrected chi connectivity index (χ3v) is 2.56. The average molecular weight is 239 g/mol. The molecule has 0 spiro atoms. The highest BCUT2D eigenvalue weighted by Gasteiger charge is 2.08. The summed E-state index contributed by atoms with van der Waals surface area (Å²) in [5, 5.41) is 7.83. The molecular weight excluding hydrogens is 214 g/mol. The third kappa shape index (κ3) is 5.22. The van der Waals surface area contributed by atoms with Gasteiger partial charge in [-0.1, -0.05) is 13.8 Å². The Balaban J connectivity index is 2.46. The normalized spacial score (nSPS) is 13.0. The van der Waals surface area contributed by atoms with Gasteiger partial charge in [0.2, 0.25) is 0 Å². The van der Waals surface area contributed by atoms with Gasteiger partial charge in [0.1, 0.15) is 0 Å². The summed E-state index contributed by atoms with van der Waals surface area (Å²) in [6.07, 6.45) is 6.23. The summed E-state index contributed by atoms with van der Waals surface area (Å²) >= 11 is 0. The van der Waals surface area contributed by atoms with Crippen molar-refractivity contribution in [1.29, 1.82) is 0 Å². The lowest BCUT2D eigenvalue weighted by Gasteiger charge is -2.16. The Labute approximate surface area is 104 Å². The molecule has 0 aliphatic rings. The molecule has 98 valence electrons. The van der Waals surface area contributed by atoms with Crippen LogP contribution in [-0.2, 0) is 6.54 Å². The molecule has 1 rings (SSSR count). The zero-order chi connectivity index (χ0) is 12.7. The van der Waals surface area contributed by atoms with Crippen LogP contribution in [0.3, 0.4) is 0 Å². The van der Waals surface area contributed by atoms with Gasteiger partial charge in [0.25, 0.3) is 0 Å². The molecule has 1 aromatic rings. The summed E-state index contributed by atoms with van der Waals surface area (Å²) in [5.74, 6) is 0.852. The zero-order valence-corrected chi connectivity index (χ0v) is 11.4. The number of hydrogen-bond donors (Lipinski definition) is 1. The smallest absolute Gasteiger partial charge is 0.157 e. The van der Waals surface area contributed by atoms with Crippen molar-refractivity contribution < 1.29 is 4.74 Å². The molecule has 0 aliphatic carbocycles. The largest absolute Gasteiger partial charge is 0.488 e. The summed E-state index contributed by atoms with van der Waals surface area (Å²) in [6, 6.07) is 0.488. The molecule has 4 heteroatoms. The van der Waals surface area contributed by atoms with Gasteiger partial charge in [-0.25, -0.2) is 0 Å². The molecule has 4 nitrogen and oxygen atoms in total. The number of nitrogens with zero attached hydrogens (tertiary/aromatic N) is 2. The first-order chi connectivity index (χ1) is 8.15. The van der Waals surface area contributed by atoms with E-state index < -0.39 is 0 Å². The summed E-state index contributed by atoms with van der Waals surface area (Å²) in [4.78, 5) is 0. The zero-order valence-electron chi connectivity index (χ0n) is 11.4. The van der Waals surface area contributed by atoms with Crippen LogP contribution in [0.5, 0.6) is 5.75 Å². The van der Waals surface area contributed by atoms with Crippen LogP contribution >= 0.6 is 0 Å². The molecule has 1 atom stereocenters. The minimum atomic E-state index is 0.202. The Morgan fingerprint density at radius 3 is 2.76 bits per heavy atom. The number of ether oxygens (including phenoxy) is 1. The Kier molecular flexibility index (Phi) is 6.05. The van der Waals surface area contributed by atoms with Gasteiger partial charge < -0.3 is 10.1 Å². The van der Waals surface area contributed by atoms with Gasteiger partial charge in [-0.2, -0.15) is 5.10 Å². The molecule has 1 heterocycles. The number of aromatic nitrogens is 2. The maximum Gasteiger partial charge on any atom is 0.157 e. The molecule has 17 heavy (non-hydrogen) atoms. The van der Waals surface area contributed by atoms with E-state index in [9.17, 15) is 0 Å². The van der Waals surface area contributed by atoms with E-state index >= 15 is 0 Å². The minimum absolute atomic E-state index is 0.202. The van der Waals surface area contributed by atoms with E-state index in [1.807, 2.05) is 24.7 Å². The first-order valence-electron chi connectivity index (χ1n) is 6.58. The second-order valence-electron chi connectivity index (χ2n) is 4.62. The predicted octanol–water partition coefficient (Wildman–Crippen LogP) is 2.45. The summed E-state index contributed by atoms with van der Waals surface area (Å²) in [7, 11) is 0. The van der Waals surface area contributed by atoms with Crippen LogP contribution in [0.15, 0.2) is 12.4 Å². The number of nitrogens with one attached hydrogen (secondary N) is 1. The van der Waals surface area contributed by atoms with Crippen molar-refractivity contribution in [2.45, 2.75) is 59.2 Å². The summed E-state index contributed by atoms with van der Waals surface area (Å²) in [6.45, 7) is 10.4. The number of hydrogen-bond acceptors (Lipinski definition) is 3. The summed E-state index contributed by atoms with van der Waals surface area (Å²) in [5.41, 5.74) is 0. The number of rotatable bonds is 8. The first kappa shape index (κ1) is 14.0. The maximum absolute atomic E-state index is 5.59. The highest BCUT2D eigenvalue weighted by molar-refractivity contribution is 5.12. The van der Waals surface area contributed by atoms with E-state index in [0.717, 1.165) is 31.7 Å². The van der Waals surface area contributed by atoms with Crippen molar-refractivity contribution in [1.82, 2.24) is 15.1 Å². The van der Waals surface area contributed by atoms with Gasteiger partial charge in [0.05, 0.1) is 25.0 Å². The lowest BCUT2D eigenvalue weighted by atomic mass is 10.2. The third-order valence-electron chi connectivity index (χ3n) is 2.56. The second-order valence-corrected chi connectivity index (χ2v) is 4.62. The summed E-state index contributed by atoms with van der Waals surface area (Å²) < 4.78 is 7.54. The minimum Gasteiger partial charge on any atom is -0.488 e. The lowest BCUT2D eigenvalue weighted by Crippen LogP contribution is -2.33. The van der Waals surface area contributed by atoms with Crippen molar-refractivity contribution in [2.24, 2.45) is 0 Å². The van der Waals surface area contributed by atoms with Crippen LogP contribution in [-0.4, -0.2) is 28.5 Å². The molecule has 1 unspecified atom stereocenters. The molecule has 0 radical (unpaired) electrons. The van der Waals surface area contributed by atoms with E-state index in [1.54, 1.807) is 6.20 Å². The van der Waals surface area contributed by atoms with Crippen molar-refractivity contribution >= 4 is 0 Å². The van der Waals surface area contributed by atoms with Crippen molar-refractivity contribution in [2.75, 3.05) is 6.54 Å². The Morgan fingerprint density at radius 2 is 2.18 bits per heavy atom. The Hall–Kier alpha value is -1.03. The van der Waals surface area contributed by atoms with Gasteiger partial charge in [0.15, 0.2) is 5.75 Å². The Morgan fingerprint density at radius 1 is 1.41 bits per heavy atom. The van der Waals surface area contributed by atoms with E-state index in [0.29, 0.717) is 6.04 Å². The molecule has 0 aromatic carbocycles. The Bertz CT molecular complexity index is 309. The standard InChI is InChI=1S/C13H25N3O/c1-5-7-14-12(6-2)9-16-10-13(8-15-16)17-11(3)4/h8,10-12,14H,5-7,9H2,1-4H3. The molecule has 0 amide bonds. The lowest BCUT2D eigenvalue weighted by molar-refractivity contribution is 0.242. The maximum atomic E-state index is 5.59. The molecule has 1 aromatic heterocycles. The fourth-order valence-electron chi connectivity index (χ4n) is 1.69. The van der Waals surface area contributed by atoms with Crippen molar-refractivity contribution in [3.63, 3.8) is 0 Å². The van der Waals surface area contributed by atoms with E-state index in [-0.39, 0.29) is 6.10 Å². The fourth-order valence-corrected chi connectivity index (χ4v) is 1.69. The van der Waals surface area contributed by atoms with Crippen LogP contribution in [0.2, 0.25) is 0 Å². The fraction of sp³-hybridized carbons (Fsp3) is 0.769. The highest BCUT2D eigenvalue weighted by atomic mass is 16.5. The molecule has 0 fully saturated rings. The van der Waals surface area contributed by atoms with Gasteiger partial charge in [0, 0.05) is 6.04 Å². The van der Waals surface area contributed by atoms with E-state index in [4.69, 9.17) is 4.74 Å². The van der Waals surface area contributed by atoms with Crippen LogP contribution in [0.4, 0.5) is 0 Å². The molecule has 0 aliphatic heterocycles. The molecular formula is C13H25N3O. The van der Waals surface area contributed by atoms with Gasteiger partial charge in [-0.15, -0.1) is 0 Å². The van der Waals surface area contributed by atoms with Crippen LogP contribution < -0.4 is 10.1 Å². The topological polar surface area (TPSA) is 39.1 Å². The first-order valence-corrected chi connectivity index (χ1v) is 6.58. The second kappa shape index (κ2) is 7.33. The van der Waals surface area contributed by atoms with Crippen LogP contribution in [0, 0.1) is 0 Å². The van der Waals surface area contributed by atoms with E-state index in [1.165, 1.54) is 0 Å². The average Bonchev–Trinajstić information content (AvgIpc) is 2.70. The quantitative estimate of drug-likeness (QED) is 0.757. The molecule has 0 saturated carbocycles. The van der Waals surface area contributed by atoms with E-state index in [2.05, 4.69) is 24.3 Å². The van der Waals surface area contributed by atoms with Crippen LogP contribution in [0.1, 0.15) is 40.5 Å². The monoisotopic (exact) mass is 239 g/mol. The predicted molar refractivity (Wildman–Crippen MR) is 70.4 cm³/mol. The molecule has 1 N–H and O–H groups in total. The SMILES string of the molecule is CCCNC(CC)Cn1cc(OC(C)C)cn1. The highest BCUT2D eigenvalue weighted by Crippen LogP contribution is 2.11. The van der Waals surface area contributed by atoms with Gasteiger partial charge in [-0.05, 0) is 33.2 Å². The van der Waals surface area contributed by atoms with Crippen LogP contribution in [0.25, 0.3) is 0 Å². The molecule has 0 saturated heterocycles. The van der Waals surface area contributed by atoms with Gasteiger partial charge >= 0.3 is 0 Å².